The predicted molar refractivity (Wildman–Crippen MR) is 40.7 cm³/mol. The molecule has 0 aliphatic rings. The van der Waals surface area contributed by atoms with Crippen LogP contribution in [0.4, 0.5) is 0 Å². The lowest BCUT2D eigenvalue weighted by molar-refractivity contribution is 0.227. The molecule has 0 aliphatic heterocycles. The van der Waals surface area contributed by atoms with Crippen LogP contribution in [0.15, 0.2) is 0 Å². The lowest BCUT2D eigenvalue weighted by atomic mass is 10.1. The van der Waals surface area contributed by atoms with E-state index in [0.29, 0.717) is 4.99 Å². The monoisotopic (exact) mass is 148 g/mol. The summed E-state index contributed by atoms with van der Waals surface area (Å²) in [6.45, 7) is 3.75. The number of nitrogens with one attached hydrogen (secondary N) is 2. The van der Waals surface area contributed by atoms with E-state index in [2.05, 4.69) is 5.32 Å². The van der Waals surface area contributed by atoms with E-state index in [4.69, 9.17) is 17.4 Å². The maximum atomic E-state index is 8.37. The van der Waals surface area contributed by atoms with Crippen LogP contribution in [0.5, 0.6) is 0 Å². The van der Waals surface area contributed by atoms with Gasteiger partial charge in [-0.25, -0.2) is 0 Å². The third kappa shape index (κ3) is 2.26. The van der Waals surface area contributed by atoms with Crippen LogP contribution in [0.2, 0.25) is 0 Å². The standard InChI is InChI=1S/C5H12N2OS/c1-5(2,6-3)4(9)7-8/h6,8H,1-3H3,(H,7,9). The van der Waals surface area contributed by atoms with E-state index in [0.717, 1.165) is 0 Å². The van der Waals surface area contributed by atoms with Gasteiger partial charge >= 0.3 is 0 Å². The molecule has 0 heterocycles. The largest absolute Gasteiger partial charge is 0.309 e. The third-order valence-electron chi connectivity index (χ3n) is 1.29. The van der Waals surface area contributed by atoms with E-state index in [-0.39, 0.29) is 5.54 Å². The van der Waals surface area contributed by atoms with Crippen molar-refractivity contribution in [2.45, 2.75) is 19.4 Å². The maximum Gasteiger partial charge on any atom is 0.120 e. The molecule has 0 rings (SSSR count). The molecule has 0 saturated heterocycles. The quantitative estimate of drug-likeness (QED) is 0.389. The zero-order valence-electron chi connectivity index (χ0n) is 5.86. The highest BCUT2D eigenvalue weighted by Crippen LogP contribution is 2.00. The van der Waals surface area contributed by atoms with Crippen LogP contribution in [0.1, 0.15) is 13.8 Å². The molecule has 0 aromatic carbocycles. The van der Waals surface area contributed by atoms with E-state index >= 15 is 0 Å². The van der Waals surface area contributed by atoms with Gasteiger partial charge in [-0.2, -0.15) is 0 Å². The second-order valence-electron chi connectivity index (χ2n) is 2.32. The molecule has 0 fully saturated rings. The zero-order valence-corrected chi connectivity index (χ0v) is 6.67. The molecule has 3 nitrogen and oxygen atoms in total. The molecule has 54 valence electrons. The number of rotatable bonds is 2. The first kappa shape index (κ1) is 8.81. The van der Waals surface area contributed by atoms with Crippen molar-refractivity contribution in [3.63, 3.8) is 0 Å². The van der Waals surface area contributed by atoms with E-state index in [1.54, 1.807) is 7.05 Å². The zero-order chi connectivity index (χ0) is 7.49. The Labute approximate surface area is 60.4 Å². The molecule has 4 heteroatoms. The summed E-state index contributed by atoms with van der Waals surface area (Å²) in [5.74, 6) is 0. The number of likely N-dealkylation sites (N-methyl/N-ethyl adjacent to an activating group) is 1. The summed E-state index contributed by atoms with van der Waals surface area (Å²) < 4.78 is 0. The highest BCUT2D eigenvalue weighted by molar-refractivity contribution is 7.80. The average Bonchev–Trinajstić information content (AvgIpc) is 1.86. The van der Waals surface area contributed by atoms with Crippen LogP contribution in [0.3, 0.4) is 0 Å². The molecule has 3 N–H and O–H groups in total. The van der Waals surface area contributed by atoms with Gasteiger partial charge in [-0.05, 0) is 20.9 Å². The topological polar surface area (TPSA) is 44.3 Å². The van der Waals surface area contributed by atoms with E-state index in [1.165, 1.54) is 0 Å². The van der Waals surface area contributed by atoms with Crippen LogP contribution in [-0.4, -0.2) is 22.8 Å². The molecule has 9 heavy (non-hydrogen) atoms. The van der Waals surface area contributed by atoms with Crippen molar-refractivity contribution in [1.82, 2.24) is 10.8 Å². The lowest BCUT2D eigenvalue weighted by Crippen LogP contribution is -2.49. The van der Waals surface area contributed by atoms with Crippen LogP contribution < -0.4 is 10.8 Å². The number of hydroxylamine groups is 1. The molecule has 0 amide bonds. The Bertz CT molecular complexity index is 114. The van der Waals surface area contributed by atoms with Gasteiger partial charge in [0.2, 0.25) is 0 Å². The summed E-state index contributed by atoms with van der Waals surface area (Å²) >= 11 is 4.77. The minimum absolute atomic E-state index is 0.329. The fourth-order valence-electron chi connectivity index (χ4n) is 0.253. The lowest BCUT2D eigenvalue weighted by Gasteiger charge is -2.23. The number of hydrogen-bond acceptors (Lipinski definition) is 3. The van der Waals surface area contributed by atoms with Gasteiger partial charge in [0.05, 0.1) is 5.54 Å². The van der Waals surface area contributed by atoms with Crippen molar-refractivity contribution in [2.75, 3.05) is 7.05 Å². The van der Waals surface area contributed by atoms with Crippen molar-refractivity contribution >= 4 is 17.2 Å². The van der Waals surface area contributed by atoms with Crippen molar-refractivity contribution in [3.8, 4) is 0 Å². The first-order valence-corrected chi connectivity index (χ1v) is 3.09. The van der Waals surface area contributed by atoms with Crippen molar-refractivity contribution in [1.29, 1.82) is 0 Å². The summed E-state index contributed by atoms with van der Waals surface area (Å²) in [6, 6.07) is 0. The summed E-state index contributed by atoms with van der Waals surface area (Å²) in [7, 11) is 1.78. The average molecular weight is 148 g/mol. The molecule has 0 aromatic rings. The molecular weight excluding hydrogens is 136 g/mol. The molecule has 0 aromatic heterocycles. The molecule has 0 radical (unpaired) electrons. The van der Waals surface area contributed by atoms with Gasteiger partial charge in [-0.15, -0.1) is 0 Å². The first-order chi connectivity index (χ1) is 4.04. The molecule has 0 saturated carbocycles. The molecule has 0 atom stereocenters. The van der Waals surface area contributed by atoms with Gasteiger partial charge < -0.3 is 5.32 Å². The summed E-state index contributed by atoms with van der Waals surface area (Å²) in [4.78, 5) is 0.394. The molecule has 0 aliphatic carbocycles. The predicted octanol–water partition coefficient (Wildman–Crippen LogP) is 0.291. The minimum atomic E-state index is -0.329. The Balaban J connectivity index is 3.97. The van der Waals surface area contributed by atoms with Crippen molar-refractivity contribution in [3.05, 3.63) is 0 Å². The smallest absolute Gasteiger partial charge is 0.120 e. The minimum Gasteiger partial charge on any atom is -0.309 e. The Morgan fingerprint density at radius 1 is 1.56 bits per heavy atom. The number of thiocarbonyl (C=S) groups is 1. The van der Waals surface area contributed by atoms with Crippen LogP contribution in [-0.2, 0) is 0 Å². The number of hydrogen-bond donors (Lipinski definition) is 3. The first-order valence-electron chi connectivity index (χ1n) is 2.68. The third-order valence-corrected chi connectivity index (χ3v) is 1.90. The molecular formula is C5H12N2OS. The normalized spacial score (nSPS) is 11.1. The summed E-state index contributed by atoms with van der Waals surface area (Å²) in [5.41, 5.74) is 1.60. The van der Waals surface area contributed by atoms with E-state index in [1.807, 2.05) is 19.3 Å². The van der Waals surface area contributed by atoms with E-state index in [9.17, 15) is 0 Å². The summed E-state index contributed by atoms with van der Waals surface area (Å²) in [6.07, 6.45) is 0. The van der Waals surface area contributed by atoms with Crippen LogP contribution in [0, 0.1) is 0 Å². The Hall–Kier alpha value is -0.190. The maximum absolute atomic E-state index is 8.37. The second-order valence-corrected chi connectivity index (χ2v) is 2.72. The van der Waals surface area contributed by atoms with Crippen LogP contribution >= 0.6 is 12.2 Å². The Morgan fingerprint density at radius 2 is 2.00 bits per heavy atom. The Morgan fingerprint density at radius 3 is 2.11 bits per heavy atom. The van der Waals surface area contributed by atoms with Gasteiger partial charge in [0.15, 0.2) is 0 Å². The van der Waals surface area contributed by atoms with Gasteiger partial charge in [-0.3, -0.25) is 10.7 Å². The SMILES string of the molecule is CNC(C)(C)C(=S)NO. The van der Waals surface area contributed by atoms with Gasteiger partial charge in [0, 0.05) is 0 Å². The van der Waals surface area contributed by atoms with E-state index < -0.39 is 0 Å². The second kappa shape index (κ2) is 3.10. The van der Waals surface area contributed by atoms with Gasteiger partial charge in [0.25, 0.3) is 0 Å². The van der Waals surface area contributed by atoms with Crippen molar-refractivity contribution < 1.29 is 5.21 Å². The van der Waals surface area contributed by atoms with Crippen molar-refractivity contribution in [2.24, 2.45) is 0 Å². The molecule has 0 unspecified atom stereocenters. The molecule has 0 spiro atoms. The Kier molecular flexibility index (Phi) is 3.03. The van der Waals surface area contributed by atoms with Crippen LogP contribution in [0.25, 0.3) is 0 Å². The van der Waals surface area contributed by atoms with Gasteiger partial charge in [0.1, 0.15) is 4.99 Å². The fraction of sp³-hybridized carbons (Fsp3) is 0.800. The highest BCUT2D eigenvalue weighted by atomic mass is 32.1. The fourth-order valence-corrected chi connectivity index (χ4v) is 0.355. The van der Waals surface area contributed by atoms with Gasteiger partial charge in [-0.1, -0.05) is 12.2 Å². The molecule has 0 bridgehead atoms. The summed E-state index contributed by atoms with van der Waals surface area (Å²) in [5, 5.41) is 11.3. The highest BCUT2D eigenvalue weighted by Gasteiger charge is 2.19.